The molecule has 13 heteroatoms. The first-order valence-electron chi connectivity index (χ1n) is 9.53. The van der Waals surface area contributed by atoms with Crippen molar-refractivity contribution < 1.29 is 27.6 Å². The van der Waals surface area contributed by atoms with Crippen molar-refractivity contribution in [2.75, 3.05) is 21.9 Å². The van der Waals surface area contributed by atoms with E-state index in [0.29, 0.717) is 22.3 Å². The van der Waals surface area contributed by atoms with Gasteiger partial charge in [-0.25, -0.2) is 14.8 Å². The predicted octanol–water partition coefficient (Wildman–Crippen LogP) is 3.08. The minimum Gasteiger partial charge on any atom is -0.482 e. The molecule has 0 amide bonds. The number of carboxylic acids is 1. The number of ether oxygens (including phenoxy) is 1. The molecule has 0 saturated carbocycles. The molecular formula is C20H19N5O6S2. The maximum absolute atomic E-state index is 11.4. The highest BCUT2D eigenvalue weighted by molar-refractivity contribution is 7.85. The van der Waals surface area contributed by atoms with Gasteiger partial charge in [0.1, 0.15) is 12.1 Å². The van der Waals surface area contributed by atoms with Crippen LogP contribution in [0.1, 0.15) is 10.6 Å². The lowest BCUT2D eigenvalue weighted by atomic mass is 10.3. The predicted molar refractivity (Wildman–Crippen MR) is 123 cm³/mol. The Morgan fingerprint density at radius 2 is 1.85 bits per heavy atom. The molecule has 0 saturated heterocycles. The molecule has 172 valence electrons. The number of carboxylic acid groups (broad SMARTS) is 1. The molecule has 0 fully saturated rings. The Balaban J connectivity index is 1.74. The Morgan fingerprint density at radius 3 is 2.45 bits per heavy atom. The van der Waals surface area contributed by atoms with Crippen molar-refractivity contribution in [2.24, 2.45) is 5.10 Å². The second-order valence-electron chi connectivity index (χ2n) is 6.94. The summed E-state index contributed by atoms with van der Waals surface area (Å²) in [5.41, 5.74) is 2.00. The largest absolute Gasteiger partial charge is 0.482 e. The van der Waals surface area contributed by atoms with E-state index in [1.165, 1.54) is 41.9 Å². The summed E-state index contributed by atoms with van der Waals surface area (Å²) >= 11 is 1.44. The van der Waals surface area contributed by atoms with Gasteiger partial charge in [-0.05, 0) is 50.2 Å². The highest BCUT2D eigenvalue weighted by atomic mass is 32.2. The Morgan fingerprint density at radius 1 is 1.12 bits per heavy atom. The van der Waals surface area contributed by atoms with Gasteiger partial charge in [-0.1, -0.05) is 17.4 Å². The number of benzene rings is 2. The Kier molecular flexibility index (Phi) is 5.93. The molecule has 0 unspecified atom stereocenters. The first-order valence-corrected chi connectivity index (χ1v) is 11.8. The Labute approximate surface area is 193 Å². The highest BCUT2D eigenvalue weighted by Gasteiger charge is 2.31. The number of aryl methyl sites for hydroxylation is 2. The van der Waals surface area contributed by atoms with Crippen molar-refractivity contribution in [1.29, 1.82) is 0 Å². The Hall–Kier alpha value is -3.68. The summed E-state index contributed by atoms with van der Waals surface area (Å²) < 4.78 is 37.4. The summed E-state index contributed by atoms with van der Waals surface area (Å²) in [4.78, 5) is 16.2. The van der Waals surface area contributed by atoms with Crippen LogP contribution in [0.4, 0.5) is 16.5 Å². The number of nitrogens with zero attached hydrogens (tertiary/aromatic N) is 5. The van der Waals surface area contributed by atoms with Gasteiger partial charge in [0.15, 0.2) is 6.61 Å². The topological polar surface area (TPSA) is 136 Å². The fourth-order valence-electron chi connectivity index (χ4n) is 2.98. The van der Waals surface area contributed by atoms with Gasteiger partial charge in [-0.3, -0.25) is 4.55 Å². The summed E-state index contributed by atoms with van der Waals surface area (Å²) in [5, 5.41) is 18.8. The maximum atomic E-state index is 11.4. The average Bonchev–Trinajstić information content (AvgIpc) is 3.35. The molecule has 1 aliphatic heterocycles. The van der Waals surface area contributed by atoms with E-state index in [1.807, 2.05) is 13.8 Å². The number of aliphatic carboxylic acids is 1. The van der Waals surface area contributed by atoms with Crippen LogP contribution >= 0.6 is 11.3 Å². The molecule has 0 spiro atoms. The molecule has 2 N–H and O–H groups in total. The minimum atomic E-state index is -4.33. The first kappa shape index (κ1) is 22.5. The summed E-state index contributed by atoms with van der Waals surface area (Å²) in [6, 6.07) is 12.4. The van der Waals surface area contributed by atoms with Crippen LogP contribution in [0.25, 0.3) is 0 Å². The van der Waals surface area contributed by atoms with Gasteiger partial charge < -0.3 is 9.84 Å². The number of hydrazine groups is 2. The van der Waals surface area contributed by atoms with Gasteiger partial charge in [0.25, 0.3) is 10.1 Å². The Bertz CT molecular complexity index is 1300. The summed E-state index contributed by atoms with van der Waals surface area (Å²) in [7, 11) is -4.33. The fourth-order valence-corrected chi connectivity index (χ4v) is 4.32. The fraction of sp³-hybridized carbons (Fsp3) is 0.150. The zero-order valence-corrected chi connectivity index (χ0v) is 19.1. The second kappa shape index (κ2) is 8.69. The van der Waals surface area contributed by atoms with Crippen LogP contribution < -0.4 is 20.0 Å². The lowest BCUT2D eigenvalue weighted by molar-refractivity contribution is -0.139. The van der Waals surface area contributed by atoms with E-state index in [4.69, 9.17) is 9.84 Å². The van der Waals surface area contributed by atoms with Crippen molar-refractivity contribution in [2.45, 2.75) is 18.7 Å². The van der Waals surface area contributed by atoms with Crippen molar-refractivity contribution in [3.05, 3.63) is 59.1 Å². The smallest absolute Gasteiger partial charge is 0.341 e. The summed E-state index contributed by atoms with van der Waals surface area (Å²) in [6.07, 6.45) is 1.53. The third kappa shape index (κ3) is 4.74. The summed E-state index contributed by atoms with van der Waals surface area (Å²) in [5.74, 6) is -0.754. The van der Waals surface area contributed by atoms with Gasteiger partial charge in [0, 0.05) is 10.9 Å². The number of hydrogen-bond donors (Lipinski definition) is 2. The zero-order chi connectivity index (χ0) is 23.8. The quantitative estimate of drug-likeness (QED) is 0.477. The first-order chi connectivity index (χ1) is 15.6. The number of aromatic nitrogens is 1. The third-order valence-corrected chi connectivity index (χ3v) is 6.56. The van der Waals surface area contributed by atoms with Gasteiger partial charge in [0.2, 0.25) is 5.13 Å². The van der Waals surface area contributed by atoms with Gasteiger partial charge in [-0.15, -0.1) is 10.2 Å². The molecule has 2 aromatic carbocycles. The highest BCUT2D eigenvalue weighted by Crippen LogP contribution is 2.35. The van der Waals surface area contributed by atoms with Gasteiger partial charge in [-0.2, -0.15) is 13.5 Å². The van der Waals surface area contributed by atoms with Crippen molar-refractivity contribution in [3.63, 3.8) is 0 Å². The lowest BCUT2D eigenvalue weighted by Gasteiger charge is -2.33. The monoisotopic (exact) mass is 489 g/mol. The molecule has 2 heterocycles. The van der Waals surface area contributed by atoms with E-state index < -0.39 is 22.7 Å². The van der Waals surface area contributed by atoms with E-state index in [1.54, 1.807) is 39.5 Å². The number of carbonyl (C=O) groups is 1. The van der Waals surface area contributed by atoms with E-state index in [2.05, 4.69) is 10.1 Å². The molecule has 4 rings (SSSR count). The maximum Gasteiger partial charge on any atom is 0.341 e. The molecule has 1 aliphatic rings. The van der Waals surface area contributed by atoms with Crippen LogP contribution in [-0.2, 0) is 14.9 Å². The average molecular weight is 490 g/mol. The van der Waals surface area contributed by atoms with Crippen LogP contribution in [0.5, 0.6) is 5.75 Å². The second-order valence-corrected chi connectivity index (χ2v) is 9.54. The molecule has 3 aromatic rings. The lowest BCUT2D eigenvalue weighted by Crippen LogP contribution is -2.46. The minimum absolute atomic E-state index is 0.235. The van der Waals surface area contributed by atoms with Crippen LogP contribution in [0, 0.1) is 13.8 Å². The van der Waals surface area contributed by atoms with Gasteiger partial charge >= 0.3 is 5.97 Å². The zero-order valence-electron chi connectivity index (χ0n) is 17.5. The van der Waals surface area contributed by atoms with Crippen LogP contribution in [0.15, 0.2) is 58.5 Å². The molecule has 33 heavy (non-hydrogen) atoms. The molecule has 0 radical (unpaired) electrons. The van der Waals surface area contributed by atoms with Crippen LogP contribution in [-0.4, -0.2) is 42.0 Å². The standard InChI is InChI=1S/C20H19N5O6S2/c1-13-14(2)32-20(22-13)24-21-12-23(15-6-8-18(9-7-15)33(28,29)30)25(24)16-4-3-5-17(10-16)31-11-19(26)27/h3-10,12H,11H2,1-2H3,(H,26,27)(H,28,29,30). The molecule has 0 bridgehead atoms. The van der Waals surface area contributed by atoms with Crippen molar-refractivity contribution >= 4 is 50.3 Å². The van der Waals surface area contributed by atoms with E-state index in [9.17, 15) is 17.8 Å². The normalized spacial score (nSPS) is 13.6. The van der Waals surface area contributed by atoms with E-state index in [-0.39, 0.29) is 4.90 Å². The number of anilines is 3. The molecular weight excluding hydrogens is 470 g/mol. The van der Waals surface area contributed by atoms with Crippen LogP contribution in [0.3, 0.4) is 0 Å². The molecule has 0 atom stereocenters. The molecule has 11 nitrogen and oxygen atoms in total. The molecule has 1 aromatic heterocycles. The van der Waals surface area contributed by atoms with Crippen LogP contribution in [0.2, 0.25) is 0 Å². The number of hydrogen-bond acceptors (Lipinski definition) is 10. The third-order valence-electron chi connectivity index (χ3n) is 4.65. The number of thiazole rings is 1. The molecule has 0 aliphatic carbocycles. The van der Waals surface area contributed by atoms with Gasteiger partial charge in [0.05, 0.1) is 22.0 Å². The van der Waals surface area contributed by atoms with E-state index in [0.717, 1.165) is 10.6 Å². The number of rotatable bonds is 7. The summed E-state index contributed by atoms with van der Waals surface area (Å²) in [6.45, 7) is 3.35. The van der Waals surface area contributed by atoms with Crippen molar-refractivity contribution in [3.8, 4) is 5.75 Å². The van der Waals surface area contributed by atoms with Crippen molar-refractivity contribution in [1.82, 2.24) is 4.98 Å². The van der Waals surface area contributed by atoms with E-state index >= 15 is 0 Å². The SMILES string of the molecule is Cc1nc(N2N=CN(c3ccc(S(=O)(=O)O)cc3)N2c2cccc(OCC(=O)O)c2)sc1C. The number of hydrazone groups is 1.